The van der Waals surface area contributed by atoms with Gasteiger partial charge in [0.15, 0.2) is 5.96 Å². The third-order valence-corrected chi connectivity index (χ3v) is 4.28. The van der Waals surface area contributed by atoms with E-state index >= 15 is 0 Å². The molecule has 0 saturated carbocycles. The van der Waals surface area contributed by atoms with Crippen molar-refractivity contribution in [2.75, 3.05) is 20.1 Å². The highest BCUT2D eigenvalue weighted by Crippen LogP contribution is 2.20. The largest absolute Gasteiger partial charge is 0.491 e. The Morgan fingerprint density at radius 3 is 2.45 bits per heavy atom. The molecule has 1 unspecified atom stereocenters. The Labute approximate surface area is 201 Å². The zero-order valence-electron chi connectivity index (χ0n) is 18.5. The van der Waals surface area contributed by atoms with E-state index in [-0.39, 0.29) is 36.0 Å². The number of aliphatic hydroxyl groups is 1. The molecule has 0 fully saturated rings. The number of guanidine groups is 1. The lowest BCUT2D eigenvalue weighted by molar-refractivity contribution is 0.0963. The zero-order chi connectivity index (χ0) is 21.9. The van der Waals surface area contributed by atoms with E-state index in [4.69, 9.17) is 4.74 Å². The van der Waals surface area contributed by atoms with Crippen LogP contribution in [0.4, 0.5) is 0 Å². The number of hydrogen-bond donors (Lipinski definition) is 4. The predicted molar refractivity (Wildman–Crippen MR) is 135 cm³/mol. The third kappa shape index (κ3) is 9.14. The van der Waals surface area contributed by atoms with Crippen LogP contribution in [0.25, 0.3) is 0 Å². The van der Waals surface area contributed by atoms with Gasteiger partial charge in [-0.2, -0.15) is 0 Å². The number of carbonyl (C=O) groups excluding carboxylic acids is 1. The second kappa shape index (κ2) is 13.9. The highest BCUT2D eigenvalue weighted by atomic mass is 127. The van der Waals surface area contributed by atoms with Gasteiger partial charge in [0.1, 0.15) is 5.75 Å². The number of nitrogens with one attached hydrogen (secondary N) is 3. The van der Waals surface area contributed by atoms with Crippen molar-refractivity contribution in [3.63, 3.8) is 0 Å². The summed E-state index contributed by atoms with van der Waals surface area (Å²) in [5, 5.41) is 19.5. The van der Waals surface area contributed by atoms with E-state index in [2.05, 4.69) is 20.9 Å². The number of aliphatic hydroxyl groups excluding tert-OH is 1. The number of hydrogen-bond acceptors (Lipinski definition) is 4. The molecule has 0 spiro atoms. The van der Waals surface area contributed by atoms with Crippen molar-refractivity contribution in [3.05, 3.63) is 65.2 Å². The second-order valence-corrected chi connectivity index (χ2v) is 7.11. The fourth-order valence-corrected chi connectivity index (χ4v) is 2.80. The van der Waals surface area contributed by atoms with Crippen molar-refractivity contribution in [1.29, 1.82) is 0 Å². The van der Waals surface area contributed by atoms with Crippen LogP contribution >= 0.6 is 24.0 Å². The number of benzene rings is 2. The number of ether oxygens (including phenoxy) is 1. The Hall–Kier alpha value is -2.33. The fourth-order valence-electron chi connectivity index (χ4n) is 2.80. The van der Waals surface area contributed by atoms with Gasteiger partial charge < -0.3 is 25.8 Å². The number of amides is 1. The van der Waals surface area contributed by atoms with E-state index in [0.29, 0.717) is 31.2 Å². The van der Waals surface area contributed by atoms with Crippen LogP contribution in [-0.4, -0.2) is 43.2 Å². The molecule has 2 aromatic rings. The third-order valence-electron chi connectivity index (χ3n) is 4.28. The molecular weight excluding hydrogens is 507 g/mol. The maximum Gasteiger partial charge on any atom is 0.251 e. The quantitative estimate of drug-likeness (QED) is 0.223. The Morgan fingerprint density at radius 2 is 1.84 bits per heavy atom. The highest BCUT2D eigenvalue weighted by molar-refractivity contribution is 14.0. The first kappa shape index (κ1) is 26.7. The summed E-state index contributed by atoms with van der Waals surface area (Å²) in [5.41, 5.74) is 2.38. The van der Waals surface area contributed by atoms with Crippen molar-refractivity contribution in [2.24, 2.45) is 4.99 Å². The van der Waals surface area contributed by atoms with Crippen molar-refractivity contribution in [3.8, 4) is 5.75 Å². The molecule has 0 aliphatic heterocycles. The summed E-state index contributed by atoms with van der Waals surface area (Å²) < 4.78 is 5.69. The maximum absolute atomic E-state index is 11.6. The van der Waals surface area contributed by atoms with Crippen molar-refractivity contribution >= 4 is 35.8 Å². The molecule has 0 aliphatic rings. The summed E-state index contributed by atoms with van der Waals surface area (Å²) in [4.78, 5) is 16.2. The van der Waals surface area contributed by atoms with Gasteiger partial charge in [-0.15, -0.1) is 24.0 Å². The minimum atomic E-state index is -0.698. The summed E-state index contributed by atoms with van der Waals surface area (Å²) in [6.45, 7) is 7.39. The molecule has 0 bridgehead atoms. The molecule has 7 nitrogen and oxygen atoms in total. The minimum Gasteiger partial charge on any atom is -0.491 e. The SMILES string of the molecule is CCNC(=NCc1ccc(C(=O)NC)cc1)NCC(O)c1cccc(OC(C)C)c1.I. The lowest BCUT2D eigenvalue weighted by atomic mass is 10.1. The van der Waals surface area contributed by atoms with Gasteiger partial charge in [0, 0.05) is 25.7 Å². The van der Waals surface area contributed by atoms with E-state index < -0.39 is 6.10 Å². The molecule has 4 N–H and O–H groups in total. The summed E-state index contributed by atoms with van der Waals surface area (Å²) in [6.07, 6.45) is -0.621. The van der Waals surface area contributed by atoms with Gasteiger partial charge in [-0.1, -0.05) is 24.3 Å². The number of nitrogens with zero attached hydrogens (tertiary/aromatic N) is 1. The number of rotatable bonds is 9. The predicted octanol–water partition coefficient (Wildman–Crippen LogP) is 3.24. The van der Waals surface area contributed by atoms with Crippen molar-refractivity contribution in [2.45, 2.75) is 39.5 Å². The van der Waals surface area contributed by atoms with Crippen LogP contribution in [0.15, 0.2) is 53.5 Å². The summed E-state index contributed by atoms with van der Waals surface area (Å²) in [7, 11) is 1.61. The molecule has 1 atom stereocenters. The smallest absolute Gasteiger partial charge is 0.251 e. The van der Waals surface area contributed by atoms with Crippen molar-refractivity contribution < 1.29 is 14.6 Å². The molecule has 0 saturated heterocycles. The second-order valence-electron chi connectivity index (χ2n) is 7.11. The molecular formula is C23H33IN4O3. The topological polar surface area (TPSA) is 95.0 Å². The normalized spacial score (nSPS) is 12.0. The molecule has 2 rings (SSSR count). The monoisotopic (exact) mass is 540 g/mol. The van der Waals surface area contributed by atoms with E-state index in [0.717, 1.165) is 16.9 Å². The number of halogens is 1. The van der Waals surface area contributed by atoms with Crippen LogP contribution < -0.4 is 20.7 Å². The summed E-state index contributed by atoms with van der Waals surface area (Å²) in [6, 6.07) is 14.8. The lowest BCUT2D eigenvalue weighted by Gasteiger charge is -2.17. The Kier molecular flexibility index (Phi) is 11.9. The van der Waals surface area contributed by atoms with Gasteiger partial charge in [-0.25, -0.2) is 4.99 Å². The van der Waals surface area contributed by atoms with Crippen LogP contribution in [0.2, 0.25) is 0 Å². The average Bonchev–Trinajstić information content (AvgIpc) is 2.75. The van der Waals surface area contributed by atoms with E-state index in [1.165, 1.54) is 0 Å². The van der Waals surface area contributed by atoms with E-state index in [1.54, 1.807) is 19.2 Å². The van der Waals surface area contributed by atoms with Gasteiger partial charge in [0.05, 0.1) is 18.8 Å². The zero-order valence-corrected chi connectivity index (χ0v) is 20.8. The van der Waals surface area contributed by atoms with Gasteiger partial charge in [0.2, 0.25) is 0 Å². The summed E-state index contributed by atoms with van der Waals surface area (Å²) >= 11 is 0. The Bertz CT molecular complexity index is 841. The Balaban J connectivity index is 0.00000480. The molecule has 1 amide bonds. The lowest BCUT2D eigenvalue weighted by Crippen LogP contribution is -2.39. The first-order chi connectivity index (χ1) is 14.4. The highest BCUT2D eigenvalue weighted by Gasteiger charge is 2.10. The van der Waals surface area contributed by atoms with Gasteiger partial charge in [-0.3, -0.25) is 4.79 Å². The molecule has 31 heavy (non-hydrogen) atoms. The first-order valence-corrected chi connectivity index (χ1v) is 10.2. The van der Waals surface area contributed by atoms with Crippen LogP contribution in [0.3, 0.4) is 0 Å². The molecule has 8 heteroatoms. The molecule has 0 aliphatic carbocycles. The molecule has 170 valence electrons. The van der Waals surface area contributed by atoms with Crippen LogP contribution in [-0.2, 0) is 6.54 Å². The molecule has 2 aromatic carbocycles. The first-order valence-electron chi connectivity index (χ1n) is 10.2. The van der Waals surface area contributed by atoms with E-state index in [9.17, 15) is 9.90 Å². The molecule has 0 heterocycles. The minimum absolute atomic E-state index is 0. The van der Waals surface area contributed by atoms with Crippen LogP contribution in [0, 0.1) is 0 Å². The maximum atomic E-state index is 11.6. The average molecular weight is 540 g/mol. The Morgan fingerprint density at radius 1 is 1.13 bits per heavy atom. The standard InChI is InChI=1S/C23H32N4O3.HI/c1-5-25-23(26-14-17-9-11-18(12-10-17)22(29)24-4)27-15-21(28)19-7-6-8-20(13-19)30-16(2)3;/h6-13,16,21,28H,5,14-15H2,1-4H3,(H,24,29)(H2,25,26,27);1H. The van der Waals surface area contributed by atoms with Crippen molar-refractivity contribution in [1.82, 2.24) is 16.0 Å². The van der Waals surface area contributed by atoms with Crippen LogP contribution in [0.5, 0.6) is 5.75 Å². The number of aliphatic imine (C=N–C) groups is 1. The van der Waals surface area contributed by atoms with Gasteiger partial charge >= 0.3 is 0 Å². The van der Waals surface area contributed by atoms with E-state index in [1.807, 2.05) is 57.2 Å². The van der Waals surface area contributed by atoms with Gasteiger partial charge in [0.25, 0.3) is 5.91 Å². The number of carbonyl (C=O) groups is 1. The summed E-state index contributed by atoms with van der Waals surface area (Å²) in [5.74, 6) is 1.24. The van der Waals surface area contributed by atoms with Crippen LogP contribution in [0.1, 0.15) is 48.4 Å². The van der Waals surface area contributed by atoms with Gasteiger partial charge in [-0.05, 0) is 56.2 Å². The molecule has 0 radical (unpaired) electrons. The molecule has 0 aromatic heterocycles. The fraction of sp³-hybridized carbons (Fsp3) is 0.391.